The smallest absolute Gasteiger partial charge is 0.251 e. The van der Waals surface area contributed by atoms with Crippen molar-refractivity contribution in [2.45, 2.75) is 49.1 Å². The summed E-state index contributed by atoms with van der Waals surface area (Å²) in [6.07, 6.45) is 5.78. The molecule has 2 saturated heterocycles. The summed E-state index contributed by atoms with van der Waals surface area (Å²) in [5.74, 6) is -0.124. The molecule has 1 amide bonds. The Kier molecular flexibility index (Phi) is 4.56. The Morgan fingerprint density at radius 3 is 2.24 bits per heavy atom. The van der Waals surface area contributed by atoms with Crippen LogP contribution in [0.3, 0.4) is 0 Å². The summed E-state index contributed by atoms with van der Waals surface area (Å²) in [6.45, 7) is 3.32. The van der Waals surface area contributed by atoms with Crippen LogP contribution in [0.25, 0.3) is 0 Å². The van der Waals surface area contributed by atoms with Crippen LogP contribution in [0.5, 0.6) is 0 Å². The molecule has 0 bridgehead atoms. The van der Waals surface area contributed by atoms with E-state index in [1.165, 1.54) is 19.3 Å². The number of hydrogen-bond donors (Lipinski definition) is 1. The van der Waals surface area contributed by atoms with Crippen LogP contribution in [-0.4, -0.2) is 61.8 Å². The molecular formula is C18H25N3O3S. The van der Waals surface area contributed by atoms with Gasteiger partial charge in [0.15, 0.2) is 0 Å². The number of carbonyl (C=O) groups excluding carboxylic acids is 1. The third-order valence-corrected chi connectivity index (χ3v) is 7.25. The number of hydrogen-bond acceptors (Lipinski definition) is 4. The Hall–Kier alpha value is -1.44. The zero-order valence-corrected chi connectivity index (χ0v) is 15.2. The van der Waals surface area contributed by atoms with Crippen molar-refractivity contribution >= 4 is 15.9 Å². The average Bonchev–Trinajstić information content (AvgIpc) is 3.38. The molecule has 1 N–H and O–H groups in total. The van der Waals surface area contributed by atoms with Crippen molar-refractivity contribution in [3.8, 4) is 0 Å². The number of nitrogens with one attached hydrogen (secondary N) is 1. The highest BCUT2D eigenvalue weighted by Crippen LogP contribution is 2.26. The SMILES string of the molecule is O=C(NC1CC1)c1ccc(S(=O)(=O)N2CC(N3CCCCC3)C2)cc1. The maximum Gasteiger partial charge on any atom is 0.251 e. The van der Waals surface area contributed by atoms with Gasteiger partial charge in [-0.25, -0.2) is 8.42 Å². The van der Waals surface area contributed by atoms with E-state index in [2.05, 4.69) is 10.2 Å². The second kappa shape index (κ2) is 6.70. The van der Waals surface area contributed by atoms with E-state index in [1.54, 1.807) is 28.6 Å². The maximum atomic E-state index is 12.7. The third-order valence-electron chi connectivity index (χ3n) is 5.40. The first-order valence-corrected chi connectivity index (χ1v) is 10.6. The summed E-state index contributed by atoms with van der Waals surface area (Å²) in [5, 5.41) is 2.91. The van der Waals surface area contributed by atoms with E-state index < -0.39 is 10.0 Å². The fourth-order valence-electron chi connectivity index (χ4n) is 3.55. The van der Waals surface area contributed by atoms with Crippen molar-refractivity contribution in [3.05, 3.63) is 29.8 Å². The Morgan fingerprint density at radius 1 is 1.00 bits per heavy atom. The van der Waals surface area contributed by atoms with Crippen LogP contribution in [0.4, 0.5) is 0 Å². The maximum absolute atomic E-state index is 12.7. The van der Waals surface area contributed by atoms with Crippen LogP contribution >= 0.6 is 0 Å². The molecule has 1 aromatic rings. The lowest BCUT2D eigenvalue weighted by Crippen LogP contribution is -2.61. The highest BCUT2D eigenvalue weighted by molar-refractivity contribution is 7.89. The number of carbonyl (C=O) groups is 1. The van der Waals surface area contributed by atoms with Gasteiger partial charge in [0.05, 0.1) is 4.90 Å². The molecule has 0 aromatic heterocycles. The highest BCUT2D eigenvalue weighted by atomic mass is 32.2. The molecule has 136 valence electrons. The molecule has 3 aliphatic rings. The van der Waals surface area contributed by atoms with Gasteiger partial charge < -0.3 is 5.32 Å². The first kappa shape index (κ1) is 17.0. The first-order valence-electron chi connectivity index (χ1n) is 9.19. The van der Waals surface area contributed by atoms with Gasteiger partial charge in [-0.2, -0.15) is 4.31 Å². The zero-order chi connectivity index (χ0) is 17.4. The molecule has 0 atom stereocenters. The number of nitrogens with zero attached hydrogens (tertiary/aromatic N) is 2. The molecule has 1 aliphatic carbocycles. The van der Waals surface area contributed by atoms with Gasteiger partial charge in [-0.15, -0.1) is 0 Å². The number of amides is 1. The van der Waals surface area contributed by atoms with Gasteiger partial charge in [-0.3, -0.25) is 9.69 Å². The van der Waals surface area contributed by atoms with E-state index in [4.69, 9.17) is 0 Å². The van der Waals surface area contributed by atoms with Crippen LogP contribution in [0, 0.1) is 0 Å². The van der Waals surface area contributed by atoms with Gasteiger partial charge >= 0.3 is 0 Å². The van der Waals surface area contributed by atoms with Crippen molar-refractivity contribution < 1.29 is 13.2 Å². The number of rotatable bonds is 5. The lowest BCUT2D eigenvalue weighted by Gasteiger charge is -2.45. The van der Waals surface area contributed by atoms with E-state index in [0.717, 1.165) is 25.9 Å². The molecule has 2 heterocycles. The minimum atomic E-state index is -3.45. The van der Waals surface area contributed by atoms with E-state index >= 15 is 0 Å². The van der Waals surface area contributed by atoms with Crippen molar-refractivity contribution in [2.75, 3.05) is 26.2 Å². The Labute approximate surface area is 149 Å². The van der Waals surface area contributed by atoms with Gasteiger partial charge in [0.25, 0.3) is 5.91 Å². The van der Waals surface area contributed by atoms with E-state index in [-0.39, 0.29) is 10.8 Å². The molecule has 0 unspecified atom stereocenters. The van der Waals surface area contributed by atoms with Gasteiger partial charge in [0.1, 0.15) is 0 Å². The second-order valence-corrected chi connectivity index (χ2v) is 9.28. The van der Waals surface area contributed by atoms with Crippen molar-refractivity contribution in [1.82, 2.24) is 14.5 Å². The van der Waals surface area contributed by atoms with Gasteiger partial charge in [0.2, 0.25) is 10.0 Å². The number of likely N-dealkylation sites (tertiary alicyclic amines) is 1. The zero-order valence-electron chi connectivity index (χ0n) is 14.4. The largest absolute Gasteiger partial charge is 0.349 e. The molecule has 1 aromatic carbocycles. The fourth-order valence-corrected chi connectivity index (χ4v) is 5.07. The standard InChI is InChI=1S/C18H25N3O3S/c22-18(19-15-6-7-15)14-4-8-17(9-5-14)25(23,24)21-12-16(13-21)20-10-2-1-3-11-20/h4-5,8-9,15-16H,1-3,6-7,10-13H2,(H,19,22). The minimum absolute atomic E-state index is 0.124. The molecule has 1 saturated carbocycles. The normalized spacial score (nSPS) is 23.2. The second-order valence-electron chi connectivity index (χ2n) is 7.34. The molecule has 0 radical (unpaired) electrons. The Bertz CT molecular complexity index is 731. The lowest BCUT2D eigenvalue weighted by molar-refractivity contribution is 0.0717. The Balaban J connectivity index is 1.38. The predicted molar refractivity (Wildman–Crippen MR) is 94.9 cm³/mol. The average molecular weight is 363 g/mol. The summed E-state index contributed by atoms with van der Waals surface area (Å²) < 4.78 is 27.0. The quantitative estimate of drug-likeness (QED) is 0.859. The van der Waals surface area contributed by atoms with Crippen LogP contribution < -0.4 is 5.32 Å². The van der Waals surface area contributed by atoms with E-state index in [1.807, 2.05) is 0 Å². The molecular weight excluding hydrogens is 338 g/mol. The topological polar surface area (TPSA) is 69.7 Å². The predicted octanol–water partition coefficient (Wildman–Crippen LogP) is 1.44. The molecule has 6 nitrogen and oxygen atoms in total. The summed E-state index contributed by atoms with van der Waals surface area (Å²) in [4.78, 5) is 14.7. The van der Waals surface area contributed by atoms with Gasteiger partial charge in [-0.1, -0.05) is 6.42 Å². The summed E-state index contributed by atoms with van der Waals surface area (Å²) in [7, 11) is -3.45. The fraction of sp³-hybridized carbons (Fsp3) is 0.611. The molecule has 4 rings (SSSR count). The van der Waals surface area contributed by atoms with Crippen LogP contribution in [0.1, 0.15) is 42.5 Å². The highest BCUT2D eigenvalue weighted by Gasteiger charge is 2.39. The van der Waals surface area contributed by atoms with Crippen LogP contribution in [0.15, 0.2) is 29.2 Å². The van der Waals surface area contributed by atoms with Crippen molar-refractivity contribution in [2.24, 2.45) is 0 Å². The molecule has 7 heteroatoms. The van der Waals surface area contributed by atoms with Crippen LogP contribution in [0.2, 0.25) is 0 Å². The number of benzene rings is 1. The Morgan fingerprint density at radius 2 is 1.64 bits per heavy atom. The van der Waals surface area contributed by atoms with E-state index in [9.17, 15) is 13.2 Å². The van der Waals surface area contributed by atoms with Crippen molar-refractivity contribution in [3.63, 3.8) is 0 Å². The van der Waals surface area contributed by atoms with Gasteiger partial charge in [0, 0.05) is 30.7 Å². The minimum Gasteiger partial charge on any atom is -0.349 e. The van der Waals surface area contributed by atoms with Gasteiger partial charge in [-0.05, 0) is 63.0 Å². The van der Waals surface area contributed by atoms with Crippen LogP contribution in [-0.2, 0) is 10.0 Å². The third kappa shape index (κ3) is 3.59. The first-order chi connectivity index (χ1) is 12.0. The summed E-state index contributed by atoms with van der Waals surface area (Å²) in [6, 6.07) is 6.96. The lowest BCUT2D eigenvalue weighted by atomic mass is 10.1. The molecule has 3 fully saturated rings. The number of sulfonamides is 1. The molecule has 25 heavy (non-hydrogen) atoms. The summed E-state index contributed by atoms with van der Waals surface area (Å²) in [5.41, 5.74) is 0.514. The van der Waals surface area contributed by atoms with E-state index in [0.29, 0.717) is 30.7 Å². The molecule has 2 aliphatic heterocycles. The monoisotopic (exact) mass is 363 g/mol. The van der Waals surface area contributed by atoms with Crippen molar-refractivity contribution in [1.29, 1.82) is 0 Å². The summed E-state index contributed by atoms with van der Waals surface area (Å²) >= 11 is 0. The molecule has 0 spiro atoms. The number of piperidine rings is 1.